The number of carboxylic acid groups (broad SMARTS) is 3. The fourth-order valence-electron chi connectivity index (χ4n) is 2.55. The number of nitrogens with zero attached hydrogens (tertiary/aromatic N) is 1. The van der Waals surface area contributed by atoms with Crippen molar-refractivity contribution in [3.8, 4) is 11.5 Å². The Morgan fingerprint density at radius 2 is 1.36 bits per heavy atom. The lowest BCUT2D eigenvalue weighted by atomic mass is 9.96. The molecular formula is C22H35NO10. The Hall–Kier alpha value is -2.89. The summed E-state index contributed by atoms with van der Waals surface area (Å²) in [4.78, 5) is 35.7. The van der Waals surface area contributed by atoms with Crippen LogP contribution < -0.4 is 9.47 Å². The lowest BCUT2D eigenvalue weighted by molar-refractivity contribution is -0.170. The summed E-state index contributed by atoms with van der Waals surface area (Å²) >= 11 is 0. The van der Waals surface area contributed by atoms with Gasteiger partial charge >= 0.3 is 17.9 Å². The third-order valence-corrected chi connectivity index (χ3v) is 4.45. The van der Waals surface area contributed by atoms with Gasteiger partial charge in [0, 0.05) is 26.4 Å². The maximum atomic E-state index is 10.3. The van der Waals surface area contributed by atoms with Crippen LogP contribution in [0.2, 0.25) is 0 Å². The van der Waals surface area contributed by atoms with Gasteiger partial charge in [0.1, 0.15) is 0 Å². The molecule has 1 aromatic rings. The van der Waals surface area contributed by atoms with E-state index in [4.69, 9.17) is 34.7 Å². The van der Waals surface area contributed by atoms with E-state index in [-0.39, 0.29) is 0 Å². The fourth-order valence-corrected chi connectivity index (χ4v) is 2.55. The maximum absolute atomic E-state index is 10.3. The molecular weight excluding hydrogens is 438 g/mol. The van der Waals surface area contributed by atoms with E-state index in [1.54, 1.807) is 0 Å². The van der Waals surface area contributed by atoms with E-state index in [1.165, 1.54) is 0 Å². The summed E-state index contributed by atoms with van der Waals surface area (Å²) in [6.07, 6.45) is -1.44. The van der Waals surface area contributed by atoms with Crippen molar-refractivity contribution in [3.05, 3.63) is 24.3 Å². The van der Waals surface area contributed by atoms with Crippen molar-refractivity contribution in [1.82, 2.24) is 5.06 Å². The third kappa shape index (κ3) is 11.0. The first kappa shape index (κ1) is 30.1. The van der Waals surface area contributed by atoms with Gasteiger partial charge in [-0.2, -0.15) is 5.06 Å². The van der Waals surface area contributed by atoms with Crippen LogP contribution in [-0.4, -0.2) is 74.5 Å². The zero-order valence-corrected chi connectivity index (χ0v) is 19.7. The molecule has 0 atom stereocenters. The molecule has 0 amide bonds. The van der Waals surface area contributed by atoms with Crippen LogP contribution in [0.4, 0.5) is 0 Å². The van der Waals surface area contributed by atoms with Gasteiger partial charge in [-0.3, -0.25) is 14.4 Å². The largest absolute Gasteiger partial charge is 0.481 e. The number of carbonyl (C=O) groups is 3. The van der Waals surface area contributed by atoms with Crippen molar-refractivity contribution in [2.24, 2.45) is 0 Å². The Morgan fingerprint density at radius 1 is 0.939 bits per heavy atom. The molecule has 11 nitrogen and oxygen atoms in total. The van der Waals surface area contributed by atoms with Crippen LogP contribution in [0.5, 0.6) is 11.5 Å². The Bertz CT molecular complexity index is 722. The Balaban J connectivity index is 0.000000480. The summed E-state index contributed by atoms with van der Waals surface area (Å²) < 4.78 is 11.2. The Kier molecular flexibility index (Phi) is 13.0. The van der Waals surface area contributed by atoms with Gasteiger partial charge in [0.15, 0.2) is 17.1 Å². The molecule has 1 aliphatic heterocycles. The molecule has 1 aliphatic rings. The first-order chi connectivity index (χ1) is 15.4. The number of hydrogen-bond acceptors (Lipinski definition) is 8. The summed E-state index contributed by atoms with van der Waals surface area (Å²) in [5.74, 6) is -3.78. The second kappa shape index (κ2) is 14.3. The van der Waals surface area contributed by atoms with Crippen LogP contribution in [0.25, 0.3) is 0 Å². The van der Waals surface area contributed by atoms with Crippen LogP contribution in [-0.2, 0) is 19.2 Å². The van der Waals surface area contributed by atoms with Gasteiger partial charge in [0.05, 0.1) is 19.4 Å². The Morgan fingerprint density at radius 3 is 1.61 bits per heavy atom. The molecule has 0 spiro atoms. The summed E-state index contributed by atoms with van der Waals surface area (Å²) in [6.45, 7) is 12.9. The molecule has 0 unspecified atom stereocenters. The lowest BCUT2D eigenvalue weighted by Crippen LogP contribution is -2.42. The molecule has 4 N–H and O–H groups in total. The number of fused-ring (bicyclic) bond motifs is 1. The van der Waals surface area contributed by atoms with Crippen molar-refractivity contribution in [2.45, 2.75) is 65.3 Å². The molecule has 0 aromatic heterocycles. The zero-order valence-electron chi connectivity index (χ0n) is 19.7. The van der Waals surface area contributed by atoms with Crippen LogP contribution in [0, 0.1) is 0 Å². The zero-order chi connectivity index (χ0) is 25.7. The lowest BCUT2D eigenvalue weighted by Gasteiger charge is -2.20. The highest BCUT2D eigenvalue weighted by Crippen LogP contribution is 2.39. The van der Waals surface area contributed by atoms with Crippen molar-refractivity contribution in [3.63, 3.8) is 0 Å². The monoisotopic (exact) mass is 473 g/mol. The first-order valence-electron chi connectivity index (χ1n) is 10.6. The van der Waals surface area contributed by atoms with E-state index in [0.717, 1.165) is 37.6 Å². The third-order valence-electron chi connectivity index (χ3n) is 4.45. The smallest absolute Gasteiger partial charge is 0.336 e. The predicted octanol–water partition coefficient (Wildman–Crippen LogP) is 2.62. The molecule has 1 heterocycles. The van der Waals surface area contributed by atoms with Gasteiger partial charge in [-0.05, 0) is 19.1 Å². The minimum Gasteiger partial charge on any atom is -0.481 e. The summed E-state index contributed by atoms with van der Waals surface area (Å²) in [5, 5.41) is 35.7. The van der Waals surface area contributed by atoms with Crippen LogP contribution >= 0.6 is 0 Å². The van der Waals surface area contributed by atoms with Crippen LogP contribution in [0.15, 0.2) is 24.3 Å². The van der Waals surface area contributed by atoms with E-state index in [1.807, 2.05) is 50.1 Å². The number of benzene rings is 1. The molecule has 1 aromatic carbocycles. The van der Waals surface area contributed by atoms with E-state index in [0.29, 0.717) is 0 Å². The number of para-hydroxylation sites is 2. The summed E-state index contributed by atoms with van der Waals surface area (Å²) in [5.41, 5.74) is -2.74. The van der Waals surface area contributed by atoms with Crippen molar-refractivity contribution < 1.29 is 49.1 Å². The highest BCUT2D eigenvalue weighted by molar-refractivity contribution is 5.88. The van der Waals surface area contributed by atoms with E-state index in [2.05, 4.69) is 13.8 Å². The molecule has 0 fully saturated rings. The van der Waals surface area contributed by atoms with Crippen LogP contribution in [0.1, 0.15) is 53.9 Å². The first-order valence-corrected chi connectivity index (χ1v) is 10.6. The average Bonchev–Trinajstić information content (AvgIpc) is 3.08. The molecule has 188 valence electrons. The van der Waals surface area contributed by atoms with E-state index >= 15 is 0 Å². The molecule has 0 saturated heterocycles. The number of rotatable bonds is 10. The number of carboxylic acids is 3. The quantitative estimate of drug-likeness (QED) is 0.369. The highest BCUT2D eigenvalue weighted by Gasteiger charge is 2.40. The number of ether oxygens (including phenoxy) is 2. The predicted molar refractivity (Wildman–Crippen MR) is 118 cm³/mol. The molecule has 2 rings (SSSR count). The van der Waals surface area contributed by atoms with E-state index < -0.39 is 42.1 Å². The molecule has 33 heavy (non-hydrogen) atoms. The van der Waals surface area contributed by atoms with Crippen molar-refractivity contribution in [2.75, 3.05) is 19.7 Å². The second-order valence-electron chi connectivity index (χ2n) is 7.15. The summed E-state index contributed by atoms with van der Waals surface area (Å²) in [6, 6.07) is 7.75. The van der Waals surface area contributed by atoms with Gasteiger partial charge in [0.25, 0.3) is 0 Å². The van der Waals surface area contributed by atoms with Gasteiger partial charge in [-0.1, -0.05) is 32.9 Å². The second-order valence-corrected chi connectivity index (χ2v) is 7.15. The average molecular weight is 474 g/mol. The number of aliphatic carboxylic acids is 3. The highest BCUT2D eigenvalue weighted by atomic mass is 16.7. The number of aliphatic hydroxyl groups is 1. The normalized spacial score (nSPS) is 13.3. The van der Waals surface area contributed by atoms with Crippen molar-refractivity contribution >= 4 is 17.9 Å². The molecule has 0 saturated carbocycles. The molecule has 0 radical (unpaired) electrons. The number of hydroxylamine groups is 2. The van der Waals surface area contributed by atoms with Gasteiger partial charge < -0.3 is 29.9 Å². The maximum Gasteiger partial charge on any atom is 0.336 e. The van der Waals surface area contributed by atoms with Gasteiger partial charge in [-0.25, -0.2) is 4.79 Å². The van der Waals surface area contributed by atoms with Gasteiger partial charge in [-0.15, -0.1) is 0 Å². The molecule has 0 aliphatic carbocycles. The standard InChI is InChI=1S/C10H12O2.C6H15NO.C6H8O7/c1-3-10(2)11-8-6-4-5-7-9(8)12-10;1-4-7(5-2)8-6-3;7-3(8)1-6(13,5(11)12)2-4(9)10/h4-7H,3H2,1-2H3;4-6H2,1-3H3;13H,1-2H2,(H,7,8)(H,9,10)(H,11,12). The SMILES string of the molecule is CCC1(C)Oc2ccccc2O1.CCON(CC)CC.O=C(O)CC(O)(CC(=O)O)C(=O)O. The molecule has 11 heteroatoms. The summed E-state index contributed by atoms with van der Waals surface area (Å²) in [7, 11) is 0. The number of hydrogen-bond donors (Lipinski definition) is 4. The topological polar surface area (TPSA) is 163 Å². The minimum absolute atomic E-state index is 0.455. The minimum atomic E-state index is -2.74. The van der Waals surface area contributed by atoms with Crippen LogP contribution in [0.3, 0.4) is 0 Å². The van der Waals surface area contributed by atoms with Crippen molar-refractivity contribution in [1.29, 1.82) is 0 Å². The Labute approximate surface area is 193 Å². The van der Waals surface area contributed by atoms with Gasteiger partial charge in [0.2, 0.25) is 5.79 Å². The molecule has 0 bridgehead atoms. The fraction of sp³-hybridized carbons (Fsp3) is 0.591. The van der Waals surface area contributed by atoms with E-state index in [9.17, 15) is 14.4 Å².